The zero-order valence-electron chi connectivity index (χ0n) is 19.7. The van der Waals surface area contributed by atoms with Gasteiger partial charge < -0.3 is 24.6 Å². The van der Waals surface area contributed by atoms with Crippen LogP contribution in [-0.4, -0.2) is 62.1 Å². The van der Waals surface area contributed by atoms with Crippen LogP contribution in [0.5, 0.6) is 0 Å². The summed E-state index contributed by atoms with van der Waals surface area (Å²) in [7, 11) is 2.18. The van der Waals surface area contributed by atoms with Crippen LogP contribution in [0.3, 0.4) is 0 Å². The SMILES string of the molecule is CN1CCN(c2ccccc2CC2CCCN(c3ccc(C(C)(C)O)cc3)C2C=O)CC1. The average Bonchev–Trinajstić information content (AvgIpc) is 2.79. The van der Waals surface area contributed by atoms with Gasteiger partial charge in [0.05, 0.1) is 11.6 Å². The molecule has 0 radical (unpaired) electrons. The van der Waals surface area contributed by atoms with E-state index in [4.69, 9.17) is 0 Å². The van der Waals surface area contributed by atoms with E-state index in [0.717, 1.165) is 69.5 Å². The molecule has 2 aromatic rings. The summed E-state index contributed by atoms with van der Waals surface area (Å²) in [6.45, 7) is 8.76. The van der Waals surface area contributed by atoms with Gasteiger partial charge in [0.15, 0.2) is 0 Å². The number of carbonyl (C=O) groups is 1. The van der Waals surface area contributed by atoms with Crippen LogP contribution < -0.4 is 9.80 Å². The first-order valence-electron chi connectivity index (χ1n) is 11.9. The molecule has 2 fully saturated rings. The van der Waals surface area contributed by atoms with Gasteiger partial charge in [-0.2, -0.15) is 0 Å². The Morgan fingerprint density at radius 2 is 1.69 bits per heavy atom. The first-order chi connectivity index (χ1) is 15.4. The van der Waals surface area contributed by atoms with Crippen molar-refractivity contribution in [3.05, 3.63) is 59.7 Å². The van der Waals surface area contributed by atoms with Gasteiger partial charge in [0.1, 0.15) is 6.29 Å². The van der Waals surface area contributed by atoms with Crippen molar-refractivity contribution in [2.24, 2.45) is 5.92 Å². The molecule has 32 heavy (non-hydrogen) atoms. The Morgan fingerprint density at radius 1 is 1.00 bits per heavy atom. The maximum Gasteiger partial charge on any atom is 0.142 e. The number of hydrogen-bond donors (Lipinski definition) is 1. The van der Waals surface area contributed by atoms with Gasteiger partial charge in [-0.1, -0.05) is 30.3 Å². The molecule has 5 nitrogen and oxygen atoms in total. The van der Waals surface area contributed by atoms with Crippen LogP contribution in [0.1, 0.15) is 37.8 Å². The number of likely N-dealkylation sites (N-methyl/N-ethyl adjacent to an activating group) is 1. The van der Waals surface area contributed by atoms with Crippen molar-refractivity contribution >= 4 is 17.7 Å². The molecule has 2 heterocycles. The van der Waals surface area contributed by atoms with Crippen LogP contribution in [0, 0.1) is 5.92 Å². The molecular formula is C27H37N3O2. The fourth-order valence-corrected chi connectivity index (χ4v) is 5.19. The Labute approximate surface area is 192 Å². The Hall–Kier alpha value is -2.37. The van der Waals surface area contributed by atoms with Crippen LogP contribution in [0.15, 0.2) is 48.5 Å². The van der Waals surface area contributed by atoms with Gasteiger partial charge in [0, 0.05) is 44.1 Å². The highest BCUT2D eigenvalue weighted by atomic mass is 16.3. The quantitative estimate of drug-likeness (QED) is 0.701. The smallest absolute Gasteiger partial charge is 0.142 e. The summed E-state index contributed by atoms with van der Waals surface area (Å²) >= 11 is 0. The number of aldehydes is 1. The van der Waals surface area contributed by atoms with Crippen LogP contribution in [-0.2, 0) is 16.8 Å². The molecule has 2 atom stereocenters. The molecular weight excluding hydrogens is 398 g/mol. The third kappa shape index (κ3) is 5.00. The minimum absolute atomic E-state index is 0.128. The Balaban J connectivity index is 1.53. The maximum atomic E-state index is 12.3. The molecule has 4 rings (SSSR count). The Morgan fingerprint density at radius 3 is 2.34 bits per heavy atom. The lowest BCUT2D eigenvalue weighted by Gasteiger charge is -2.41. The van der Waals surface area contributed by atoms with Gasteiger partial charge in [-0.05, 0) is 75.4 Å². The largest absolute Gasteiger partial charge is 0.386 e. The second kappa shape index (κ2) is 9.63. The monoisotopic (exact) mass is 435 g/mol. The predicted molar refractivity (Wildman–Crippen MR) is 131 cm³/mol. The summed E-state index contributed by atoms with van der Waals surface area (Å²) in [6.07, 6.45) is 4.22. The van der Waals surface area contributed by atoms with E-state index in [9.17, 15) is 9.90 Å². The van der Waals surface area contributed by atoms with Gasteiger partial charge in [-0.25, -0.2) is 0 Å². The summed E-state index contributed by atoms with van der Waals surface area (Å²) in [5.74, 6) is 0.295. The van der Waals surface area contributed by atoms with E-state index >= 15 is 0 Å². The minimum Gasteiger partial charge on any atom is -0.386 e. The second-order valence-corrected chi connectivity index (χ2v) is 9.95. The van der Waals surface area contributed by atoms with Crippen molar-refractivity contribution in [3.8, 4) is 0 Å². The third-order valence-electron chi connectivity index (χ3n) is 7.18. The zero-order valence-corrected chi connectivity index (χ0v) is 19.7. The van der Waals surface area contributed by atoms with Gasteiger partial charge in [-0.3, -0.25) is 0 Å². The molecule has 0 amide bonds. The molecule has 2 unspecified atom stereocenters. The number of rotatable bonds is 6. The number of piperazine rings is 1. The molecule has 0 aliphatic carbocycles. The number of carbonyl (C=O) groups excluding carboxylic acids is 1. The van der Waals surface area contributed by atoms with E-state index < -0.39 is 5.60 Å². The first-order valence-corrected chi connectivity index (χ1v) is 11.9. The second-order valence-electron chi connectivity index (χ2n) is 9.95. The fraction of sp³-hybridized carbons (Fsp3) is 0.519. The molecule has 1 N–H and O–H groups in total. The Bertz CT molecular complexity index is 898. The van der Waals surface area contributed by atoms with Crippen LogP contribution in [0.4, 0.5) is 11.4 Å². The summed E-state index contributed by atoms with van der Waals surface area (Å²) in [5, 5.41) is 10.3. The highest BCUT2D eigenvalue weighted by Gasteiger charge is 2.32. The van der Waals surface area contributed by atoms with Gasteiger partial charge in [-0.15, -0.1) is 0 Å². The minimum atomic E-state index is -0.861. The van der Waals surface area contributed by atoms with Gasteiger partial charge >= 0.3 is 0 Å². The normalized spacial score (nSPS) is 22.8. The number of piperidine rings is 1. The highest BCUT2D eigenvalue weighted by molar-refractivity contribution is 5.68. The van der Waals surface area contributed by atoms with Gasteiger partial charge in [0.25, 0.3) is 0 Å². The summed E-state index contributed by atoms with van der Waals surface area (Å²) in [6, 6.07) is 16.7. The van der Waals surface area contributed by atoms with E-state index in [-0.39, 0.29) is 6.04 Å². The molecule has 2 aliphatic rings. The van der Waals surface area contributed by atoms with Crippen LogP contribution >= 0.6 is 0 Å². The molecule has 2 aromatic carbocycles. The third-order valence-corrected chi connectivity index (χ3v) is 7.18. The van der Waals surface area contributed by atoms with Crippen molar-refractivity contribution in [1.82, 2.24) is 4.90 Å². The first kappa shape index (κ1) is 22.8. The number of nitrogens with zero attached hydrogens (tertiary/aromatic N) is 3. The molecule has 5 heteroatoms. The molecule has 0 aromatic heterocycles. The number of hydrogen-bond acceptors (Lipinski definition) is 5. The van der Waals surface area contributed by atoms with Crippen LogP contribution in [0.25, 0.3) is 0 Å². The van der Waals surface area contributed by atoms with Crippen LogP contribution in [0.2, 0.25) is 0 Å². The lowest BCUT2D eigenvalue weighted by molar-refractivity contribution is -0.110. The molecule has 0 spiro atoms. The predicted octanol–water partition coefficient (Wildman–Crippen LogP) is 3.69. The molecule has 172 valence electrons. The van der Waals surface area contributed by atoms with Crippen molar-refractivity contribution in [1.29, 1.82) is 0 Å². The molecule has 2 saturated heterocycles. The van der Waals surface area contributed by atoms with Crippen molar-refractivity contribution in [2.75, 3.05) is 49.6 Å². The summed E-state index contributed by atoms with van der Waals surface area (Å²) < 4.78 is 0. The number of para-hydroxylation sites is 1. The molecule has 0 saturated carbocycles. The van der Waals surface area contributed by atoms with Crippen molar-refractivity contribution in [2.45, 2.75) is 44.8 Å². The van der Waals surface area contributed by atoms with E-state index in [1.165, 1.54) is 11.3 Å². The van der Waals surface area contributed by atoms with Crippen molar-refractivity contribution in [3.63, 3.8) is 0 Å². The average molecular weight is 436 g/mol. The van der Waals surface area contributed by atoms with E-state index in [1.54, 1.807) is 13.8 Å². The van der Waals surface area contributed by atoms with Gasteiger partial charge in [0.2, 0.25) is 0 Å². The highest BCUT2D eigenvalue weighted by Crippen LogP contribution is 2.34. The lowest BCUT2D eigenvalue weighted by atomic mass is 9.84. The number of aliphatic hydroxyl groups is 1. The molecule has 0 bridgehead atoms. The molecule has 2 aliphatic heterocycles. The summed E-state index contributed by atoms with van der Waals surface area (Å²) in [5.41, 5.74) is 3.77. The van der Waals surface area contributed by atoms with E-state index in [2.05, 4.69) is 46.0 Å². The zero-order chi connectivity index (χ0) is 22.7. The van der Waals surface area contributed by atoms with E-state index in [1.807, 2.05) is 24.3 Å². The fourth-order valence-electron chi connectivity index (χ4n) is 5.19. The maximum absolute atomic E-state index is 12.3. The Kier molecular flexibility index (Phi) is 6.87. The standard InChI is InChI=1S/C27H37N3O2/c1-27(2,32)23-10-12-24(13-11-23)30-14-6-8-22(26(30)20-31)19-21-7-4-5-9-25(21)29-17-15-28(3)16-18-29/h4-5,7,9-13,20,22,26,32H,6,8,14-19H2,1-3H3. The topological polar surface area (TPSA) is 47.0 Å². The lowest BCUT2D eigenvalue weighted by Crippen LogP contribution is -2.47. The number of benzene rings is 2. The van der Waals surface area contributed by atoms with E-state index in [0.29, 0.717) is 5.92 Å². The number of anilines is 2. The summed E-state index contributed by atoms with van der Waals surface area (Å²) in [4.78, 5) is 19.4. The van der Waals surface area contributed by atoms with Crippen molar-refractivity contribution < 1.29 is 9.90 Å².